The first-order chi connectivity index (χ1) is 11.4. The zero-order chi connectivity index (χ0) is 17.7. The van der Waals surface area contributed by atoms with Crippen LogP contribution < -0.4 is 10.6 Å². The minimum Gasteiger partial charge on any atom is -0.332 e. The van der Waals surface area contributed by atoms with Gasteiger partial charge in [0.1, 0.15) is 0 Å². The van der Waals surface area contributed by atoms with Crippen molar-refractivity contribution in [1.82, 2.24) is 15.2 Å². The molecular formula is C16H16Cl2N4O2. The van der Waals surface area contributed by atoms with E-state index in [0.717, 1.165) is 0 Å². The van der Waals surface area contributed by atoms with Gasteiger partial charge in [0.05, 0.1) is 22.9 Å². The number of hydrogen-bond acceptors (Lipinski definition) is 3. The summed E-state index contributed by atoms with van der Waals surface area (Å²) < 4.78 is 0. The number of benzene rings is 1. The molecule has 0 atom stereocenters. The van der Waals surface area contributed by atoms with Crippen LogP contribution in [0.3, 0.4) is 0 Å². The second-order valence-corrected chi connectivity index (χ2v) is 6.01. The number of rotatable bonds is 4. The SMILES string of the molecule is CN(C)C(=O)NCc1cc(C(=O)Nc2ccc(Cl)cc2Cl)ccn1. The Morgan fingerprint density at radius 3 is 2.58 bits per heavy atom. The van der Waals surface area contributed by atoms with Gasteiger partial charge < -0.3 is 15.5 Å². The van der Waals surface area contributed by atoms with Crippen molar-refractivity contribution in [3.05, 3.63) is 57.8 Å². The zero-order valence-electron chi connectivity index (χ0n) is 13.1. The van der Waals surface area contributed by atoms with Crippen LogP contribution >= 0.6 is 23.2 Å². The van der Waals surface area contributed by atoms with E-state index in [0.29, 0.717) is 27.0 Å². The van der Waals surface area contributed by atoms with Crippen LogP contribution in [0.25, 0.3) is 0 Å². The molecule has 0 radical (unpaired) electrons. The fourth-order valence-electron chi connectivity index (χ4n) is 1.83. The maximum Gasteiger partial charge on any atom is 0.317 e. The predicted octanol–water partition coefficient (Wildman–Crippen LogP) is 3.41. The van der Waals surface area contributed by atoms with E-state index in [4.69, 9.17) is 23.2 Å². The first-order valence-electron chi connectivity index (χ1n) is 7.03. The number of pyridine rings is 1. The highest BCUT2D eigenvalue weighted by Gasteiger charge is 2.11. The van der Waals surface area contributed by atoms with Crippen molar-refractivity contribution in [2.24, 2.45) is 0 Å². The van der Waals surface area contributed by atoms with E-state index in [2.05, 4.69) is 15.6 Å². The maximum absolute atomic E-state index is 12.3. The average molecular weight is 367 g/mol. The zero-order valence-corrected chi connectivity index (χ0v) is 14.6. The van der Waals surface area contributed by atoms with Crippen LogP contribution in [-0.2, 0) is 6.54 Å². The normalized spacial score (nSPS) is 10.2. The lowest BCUT2D eigenvalue weighted by atomic mass is 10.2. The van der Waals surface area contributed by atoms with Gasteiger partial charge in [-0.15, -0.1) is 0 Å². The second-order valence-electron chi connectivity index (χ2n) is 5.17. The van der Waals surface area contributed by atoms with Crippen molar-refractivity contribution in [3.8, 4) is 0 Å². The van der Waals surface area contributed by atoms with Crippen LogP contribution in [0.5, 0.6) is 0 Å². The summed E-state index contributed by atoms with van der Waals surface area (Å²) in [5.74, 6) is -0.332. The Hall–Kier alpha value is -2.31. The molecule has 126 valence electrons. The number of nitrogens with zero attached hydrogens (tertiary/aromatic N) is 2. The van der Waals surface area contributed by atoms with Gasteiger partial charge in [0.2, 0.25) is 0 Å². The monoisotopic (exact) mass is 366 g/mol. The maximum atomic E-state index is 12.3. The fourth-order valence-corrected chi connectivity index (χ4v) is 2.28. The summed E-state index contributed by atoms with van der Waals surface area (Å²) in [5, 5.41) is 6.23. The first kappa shape index (κ1) is 18.0. The summed E-state index contributed by atoms with van der Waals surface area (Å²) in [6, 6.07) is 7.76. The van der Waals surface area contributed by atoms with Gasteiger partial charge in [0.25, 0.3) is 5.91 Å². The Kier molecular flexibility index (Phi) is 6.00. The summed E-state index contributed by atoms with van der Waals surface area (Å²) in [6.07, 6.45) is 1.51. The molecule has 0 aliphatic rings. The van der Waals surface area contributed by atoms with E-state index in [1.807, 2.05) is 0 Å². The van der Waals surface area contributed by atoms with Crippen LogP contribution in [0.15, 0.2) is 36.5 Å². The molecule has 8 heteroatoms. The van der Waals surface area contributed by atoms with Crippen LogP contribution in [0.4, 0.5) is 10.5 Å². The fraction of sp³-hybridized carbons (Fsp3) is 0.188. The summed E-state index contributed by atoms with van der Waals surface area (Å²) in [4.78, 5) is 29.4. The number of carbonyl (C=O) groups excluding carboxylic acids is 2. The Balaban J connectivity index is 2.07. The Morgan fingerprint density at radius 1 is 1.17 bits per heavy atom. The molecule has 0 spiro atoms. The molecule has 2 rings (SSSR count). The quantitative estimate of drug-likeness (QED) is 0.870. The van der Waals surface area contributed by atoms with Crippen molar-refractivity contribution in [1.29, 1.82) is 0 Å². The molecule has 0 saturated heterocycles. The number of carbonyl (C=O) groups is 2. The standard InChI is InChI=1S/C16H16Cl2N4O2/c1-22(2)16(24)20-9-12-7-10(5-6-19-12)15(23)21-14-4-3-11(17)8-13(14)18/h3-8H,9H2,1-2H3,(H,20,24)(H,21,23). The Labute approximate surface area is 149 Å². The first-order valence-corrected chi connectivity index (χ1v) is 7.79. The minimum absolute atomic E-state index is 0.222. The highest BCUT2D eigenvalue weighted by atomic mass is 35.5. The van der Waals surface area contributed by atoms with E-state index in [1.54, 1.807) is 44.4 Å². The van der Waals surface area contributed by atoms with Gasteiger partial charge in [0.15, 0.2) is 0 Å². The van der Waals surface area contributed by atoms with Crippen molar-refractivity contribution in [2.75, 3.05) is 19.4 Å². The minimum atomic E-state index is -0.332. The van der Waals surface area contributed by atoms with E-state index in [1.165, 1.54) is 11.1 Å². The van der Waals surface area contributed by atoms with Gasteiger partial charge in [-0.05, 0) is 30.3 Å². The lowest BCUT2D eigenvalue weighted by Crippen LogP contribution is -2.34. The number of halogens is 2. The largest absolute Gasteiger partial charge is 0.332 e. The lowest BCUT2D eigenvalue weighted by molar-refractivity contribution is 0.102. The second kappa shape index (κ2) is 7.99. The Morgan fingerprint density at radius 2 is 1.92 bits per heavy atom. The smallest absolute Gasteiger partial charge is 0.317 e. The molecule has 1 aromatic carbocycles. The highest BCUT2D eigenvalue weighted by molar-refractivity contribution is 6.36. The number of amides is 3. The summed E-state index contributed by atoms with van der Waals surface area (Å²) in [6.45, 7) is 0.222. The van der Waals surface area contributed by atoms with Gasteiger partial charge in [-0.3, -0.25) is 9.78 Å². The molecular weight excluding hydrogens is 351 g/mol. The van der Waals surface area contributed by atoms with E-state index in [9.17, 15) is 9.59 Å². The molecule has 1 heterocycles. The van der Waals surface area contributed by atoms with Crippen LogP contribution in [0.1, 0.15) is 16.1 Å². The third-order valence-corrected chi connectivity index (χ3v) is 3.63. The third kappa shape index (κ3) is 4.84. The lowest BCUT2D eigenvalue weighted by Gasteiger charge is -2.12. The number of anilines is 1. The van der Waals surface area contributed by atoms with Crippen molar-refractivity contribution < 1.29 is 9.59 Å². The molecule has 2 N–H and O–H groups in total. The molecule has 0 aliphatic carbocycles. The molecule has 1 aromatic heterocycles. The summed E-state index contributed by atoms with van der Waals surface area (Å²) in [5.41, 5.74) is 1.44. The van der Waals surface area contributed by atoms with E-state index < -0.39 is 0 Å². The molecule has 0 saturated carbocycles. The molecule has 3 amide bonds. The van der Waals surface area contributed by atoms with Crippen molar-refractivity contribution in [3.63, 3.8) is 0 Å². The average Bonchev–Trinajstić information content (AvgIpc) is 2.55. The number of nitrogens with one attached hydrogen (secondary N) is 2. The molecule has 0 fully saturated rings. The molecule has 2 aromatic rings. The number of hydrogen-bond donors (Lipinski definition) is 2. The van der Waals surface area contributed by atoms with Gasteiger partial charge in [-0.1, -0.05) is 23.2 Å². The molecule has 0 bridgehead atoms. The third-order valence-electron chi connectivity index (χ3n) is 3.09. The number of urea groups is 1. The summed E-state index contributed by atoms with van der Waals surface area (Å²) in [7, 11) is 3.28. The van der Waals surface area contributed by atoms with Crippen LogP contribution in [0.2, 0.25) is 10.0 Å². The number of aromatic nitrogens is 1. The molecule has 6 nitrogen and oxygen atoms in total. The van der Waals surface area contributed by atoms with Crippen LogP contribution in [-0.4, -0.2) is 35.9 Å². The Bertz CT molecular complexity index is 765. The van der Waals surface area contributed by atoms with Gasteiger partial charge in [-0.25, -0.2) is 4.79 Å². The van der Waals surface area contributed by atoms with Crippen molar-refractivity contribution >= 4 is 40.8 Å². The molecule has 24 heavy (non-hydrogen) atoms. The van der Waals surface area contributed by atoms with Gasteiger partial charge in [0, 0.05) is 30.9 Å². The summed E-state index contributed by atoms with van der Waals surface area (Å²) >= 11 is 11.9. The van der Waals surface area contributed by atoms with Crippen LogP contribution in [0, 0.1) is 0 Å². The van der Waals surface area contributed by atoms with E-state index in [-0.39, 0.29) is 18.5 Å². The van der Waals surface area contributed by atoms with E-state index >= 15 is 0 Å². The topological polar surface area (TPSA) is 74.3 Å². The van der Waals surface area contributed by atoms with Crippen molar-refractivity contribution in [2.45, 2.75) is 6.54 Å². The van der Waals surface area contributed by atoms with Gasteiger partial charge in [-0.2, -0.15) is 0 Å². The predicted molar refractivity (Wildman–Crippen MR) is 94.6 cm³/mol. The van der Waals surface area contributed by atoms with Gasteiger partial charge >= 0.3 is 6.03 Å². The highest BCUT2D eigenvalue weighted by Crippen LogP contribution is 2.25. The molecule has 0 aliphatic heterocycles. The molecule has 0 unspecified atom stereocenters.